The van der Waals surface area contributed by atoms with E-state index in [2.05, 4.69) is 34.5 Å². The summed E-state index contributed by atoms with van der Waals surface area (Å²) < 4.78 is 6.04. The number of carbonyl (C=O) groups is 1. The number of rotatable bonds is 7. The average molecular weight is 442 g/mol. The Bertz CT molecular complexity index is 822. The standard InChI is InChI=1S/C25H32ClN3O2/c26-22-10-8-20(9-11-22)17-27-25(30)28-15-12-23(13-16-28)29-14-4-7-24(29)19-31-18-21-5-2-1-3-6-21/h1-3,5-6,8-11,23-24H,4,7,12-19H2,(H,27,30). The first-order valence-corrected chi connectivity index (χ1v) is 11.7. The number of urea groups is 1. The Morgan fingerprint density at radius 1 is 0.968 bits per heavy atom. The molecule has 0 aromatic heterocycles. The molecule has 2 aromatic carbocycles. The molecule has 2 aliphatic heterocycles. The van der Waals surface area contributed by atoms with Gasteiger partial charge in [-0.25, -0.2) is 4.79 Å². The van der Waals surface area contributed by atoms with Crippen LogP contribution in [0, 0.1) is 0 Å². The summed E-state index contributed by atoms with van der Waals surface area (Å²) in [5.41, 5.74) is 2.29. The quantitative estimate of drug-likeness (QED) is 0.677. The fourth-order valence-electron chi connectivity index (χ4n) is 4.70. The average Bonchev–Trinajstić information content (AvgIpc) is 3.28. The SMILES string of the molecule is O=C(NCc1ccc(Cl)cc1)N1CCC(N2CCCC2COCc2ccccc2)CC1. The molecule has 5 nitrogen and oxygen atoms in total. The lowest BCUT2D eigenvalue weighted by Crippen LogP contribution is -2.51. The van der Waals surface area contributed by atoms with Crippen LogP contribution in [0.25, 0.3) is 0 Å². The summed E-state index contributed by atoms with van der Waals surface area (Å²) in [6, 6.07) is 19.0. The summed E-state index contributed by atoms with van der Waals surface area (Å²) in [5, 5.41) is 3.75. The van der Waals surface area contributed by atoms with Crippen molar-refractivity contribution in [2.75, 3.05) is 26.2 Å². The molecule has 0 bridgehead atoms. The van der Waals surface area contributed by atoms with Crippen molar-refractivity contribution < 1.29 is 9.53 Å². The highest BCUT2D eigenvalue weighted by molar-refractivity contribution is 6.30. The van der Waals surface area contributed by atoms with Gasteiger partial charge in [-0.3, -0.25) is 4.90 Å². The molecule has 2 aromatic rings. The molecule has 1 atom stereocenters. The fraction of sp³-hybridized carbons (Fsp3) is 0.480. The maximum absolute atomic E-state index is 12.6. The molecule has 2 fully saturated rings. The van der Waals surface area contributed by atoms with Gasteiger partial charge < -0.3 is 15.0 Å². The molecule has 1 unspecified atom stereocenters. The van der Waals surface area contributed by atoms with E-state index in [9.17, 15) is 4.79 Å². The normalized spacial score (nSPS) is 20.2. The molecule has 2 aliphatic rings. The maximum Gasteiger partial charge on any atom is 0.317 e. The summed E-state index contributed by atoms with van der Waals surface area (Å²) in [6.45, 7) is 4.76. The number of nitrogens with one attached hydrogen (secondary N) is 1. The van der Waals surface area contributed by atoms with Crippen molar-refractivity contribution in [2.45, 2.75) is 50.9 Å². The summed E-state index contributed by atoms with van der Waals surface area (Å²) in [5.74, 6) is 0. The van der Waals surface area contributed by atoms with Gasteiger partial charge in [0.15, 0.2) is 0 Å². The second-order valence-electron chi connectivity index (χ2n) is 8.54. The van der Waals surface area contributed by atoms with Crippen molar-refractivity contribution in [2.24, 2.45) is 0 Å². The van der Waals surface area contributed by atoms with Crippen LogP contribution in [0.5, 0.6) is 0 Å². The minimum Gasteiger partial charge on any atom is -0.375 e. The first kappa shape index (κ1) is 22.1. The van der Waals surface area contributed by atoms with Gasteiger partial charge in [0.05, 0.1) is 13.2 Å². The van der Waals surface area contributed by atoms with E-state index >= 15 is 0 Å². The van der Waals surface area contributed by atoms with Crippen LogP contribution >= 0.6 is 11.6 Å². The number of ether oxygens (including phenoxy) is 1. The van der Waals surface area contributed by atoms with Crippen LogP contribution in [-0.4, -0.2) is 54.2 Å². The summed E-state index contributed by atoms with van der Waals surface area (Å²) in [7, 11) is 0. The lowest BCUT2D eigenvalue weighted by Gasteiger charge is -2.39. The molecule has 2 heterocycles. The Labute approximate surface area is 190 Å². The van der Waals surface area contributed by atoms with Crippen LogP contribution in [0.4, 0.5) is 4.79 Å². The first-order valence-electron chi connectivity index (χ1n) is 11.3. The molecule has 0 saturated carbocycles. The zero-order valence-electron chi connectivity index (χ0n) is 18.0. The second kappa shape index (κ2) is 11.0. The Morgan fingerprint density at radius 3 is 2.45 bits per heavy atom. The van der Waals surface area contributed by atoms with Crippen LogP contribution in [-0.2, 0) is 17.9 Å². The predicted octanol–water partition coefficient (Wildman–Crippen LogP) is 4.70. The van der Waals surface area contributed by atoms with E-state index in [4.69, 9.17) is 16.3 Å². The van der Waals surface area contributed by atoms with Crippen LogP contribution in [0.2, 0.25) is 5.02 Å². The van der Waals surface area contributed by atoms with Crippen molar-refractivity contribution >= 4 is 17.6 Å². The summed E-state index contributed by atoms with van der Waals surface area (Å²) in [6.07, 6.45) is 4.50. The molecular formula is C25H32ClN3O2. The molecule has 4 rings (SSSR count). The van der Waals surface area contributed by atoms with Gasteiger partial charge in [-0.05, 0) is 55.5 Å². The highest BCUT2D eigenvalue weighted by Gasteiger charge is 2.33. The van der Waals surface area contributed by atoms with E-state index in [1.165, 1.54) is 18.4 Å². The van der Waals surface area contributed by atoms with E-state index in [0.717, 1.165) is 44.6 Å². The van der Waals surface area contributed by atoms with Crippen molar-refractivity contribution in [3.63, 3.8) is 0 Å². The molecule has 2 saturated heterocycles. The van der Waals surface area contributed by atoms with Gasteiger partial charge in [0.25, 0.3) is 0 Å². The molecule has 2 amide bonds. The van der Waals surface area contributed by atoms with E-state index in [1.54, 1.807) is 0 Å². The molecule has 6 heteroatoms. The smallest absolute Gasteiger partial charge is 0.317 e. The third-order valence-electron chi connectivity index (χ3n) is 6.42. The number of halogens is 1. The Hall–Kier alpha value is -2.08. The zero-order valence-corrected chi connectivity index (χ0v) is 18.8. The van der Waals surface area contributed by atoms with Crippen molar-refractivity contribution in [1.82, 2.24) is 15.1 Å². The number of hydrogen-bond acceptors (Lipinski definition) is 3. The largest absolute Gasteiger partial charge is 0.375 e. The minimum absolute atomic E-state index is 0.0255. The third-order valence-corrected chi connectivity index (χ3v) is 6.67. The van der Waals surface area contributed by atoms with Crippen LogP contribution < -0.4 is 5.32 Å². The lowest BCUT2D eigenvalue weighted by atomic mass is 10.0. The van der Waals surface area contributed by atoms with Gasteiger partial charge in [-0.15, -0.1) is 0 Å². The monoisotopic (exact) mass is 441 g/mol. The lowest BCUT2D eigenvalue weighted by molar-refractivity contribution is 0.0368. The van der Waals surface area contributed by atoms with Gasteiger partial charge in [0, 0.05) is 36.7 Å². The Kier molecular flexibility index (Phi) is 7.84. The topological polar surface area (TPSA) is 44.8 Å². The molecule has 0 aliphatic carbocycles. The van der Waals surface area contributed by atoms with Crippen LogP contribution in [0.15, 0.2) is 54.6 Å². The number of nitrogens with zero attached hydrogens (tertiary/aromatic N) is 2. The van der Waals surface area contributed by atoms with Gasteiger partial charge in [-0.1, -0.05) is 54.1 Å². The van der Waals surface area contributed by atoms with Crippen LogP contribution in [0.1, 0.15) is 36.8 Å². The molecule has 0 spiro atoms. The number of piperidine rings is 1. The molecular weight excluding hydrogens is 410 g/mol. The minimum atomic E-state index is 0.0255. The number of amides is 2. The van der Waals surface area contributed by atoms with E-state index < -0.39 is 0 Å². The molecule has 0 radical (unpaired) electrons. The molecule has 166 valence electrons. The third kappa shape index (κ3) is 6.22. The van der Waals surface area contributed by atoms with Gasteiger partial charge >= 0.3 is 6.03 Å². The van der Waals surface area contributed by atoms with Crippen molar-refractivity contribution in [3.8, 4) is 0 Å². The van der Waals surface area contributed by atoms with E-state index in [-0.39, 0.29) is 6.03 Å². The second-order valence-corrected chi connectivity index (χ2v) is 8.97. The van der Waals surface area contributed by atoms with Crippen molar-refractivity contribution in [3.05, 3.63) is 70.7 Å². The Morgan fingerprint density at radius 2 is 1.71 bits per heavy atom. The van der Waals surface area contributed by atoms with Gasteiger partial charge in [0.1, 0.15) is 0 Å². The number of hydrogen-bond donors (Lipinski definition) is 1. The zero-order chi connectivity index (χ0) is 21.5. The predicted molar refractivity (Wildman–Crippen MR) is 124 cm³/mol. The van der Waals surface area contributed by atoms with Crippen molar-refractivity contribution in [1.29, 1.82) is 0 Å². The maximum atomic E-state index is 12.6. The first-order chi connectivity index (χ1) is 15.2. The van der Waals surface area contributed by atoms with Crippen LogP contribution in [0.3, 0.4) is 0 Å². The number of likely N-dealkylation sites (tertiary alicyclic amines) is 2. The van der Waals surface area contributed by atoms with Gasteiger partial charge in [0.2, 0.25) is 0 Å². The highest BCUT2D eigenvalue weighted by atomic mass is 35.5. The Balaban J connectivity index is 1.19. The summed E-state index contributed by atoms with van der Waals surface area (Å²) >= 11 is 5.92. The van der Waals surface area contributed by atoms with Gasteiger partial charge in [-0.2, -0.15) is 0 Å². The molecule has 1 N–H and O–H groups in total. The summed E-state index contributed by atoms with van der Waals surface area (Å²) in [4.78, 5) is 17.1. The van der Waals surface area contributed by atoms with E-state index in [0.29, 0.717) is 30.3 Å². The highest BCUT2D eigenvalue weighted by Crippen LogP contribution is 2.26. The number of carbonyl (C=O) groups excluding carboxylic acids is 1. The fourth-order valence-corrected chi connectivity index (χ4v) is 4.82. The van der Waals surface area contributed by atoms with E-state index in [1.807, 2.05) is 35.2 Å². The number of benzene rings is 2. The molecule has 31 heavy (non-hydrogen) atoms.